The molecule has 212 valence electrons. The van der Waals surface area contributed by atoms with Crippen LogP contribution in [0.3, 0.4) is 0 Å². The number of H-pyrrole nitrogens is 1. The number of fused-ring (bicyclic) bond motifs is 2. The van der Waals surface area contributed by atoms with Crippen molar-refractivity contribution in [3.8, 4) is 0 Å². The lowest BCUT2D eigenvalue weighted by atomic mass is 9.92. The first-order valence-electron chi connectivity index (χ1n) is 14.3. The molecule has 0 radical (unpaired) electrons. The van der Waals surface area contributed by atoms with E-state index in [0.29, 0.717) is 19.4 Å². The van der Waals surface area contributed by atoms with E-state index < -0.39 is 18.0 Å². The van der Waals surface area contributed by atoms with E-state index in [1.54, 1.807) is 6.92 Å². The molecule has 1 aliphatic heterocycles. The normalized spacial score (nSPS) is 15.9. The fourth-order valence-electron chi connectivity index (χ4n) is 5.45. The number of aromatic amines is 1. The van der Waals surface area contributed by atoms with Crippen molar-refractivity contribution in [3.05, 3.63) is 107 Å². The summed E-state index contributed by atoms with van der Waals surface area (Å²) >= 11 is 0. The third-order valence-corrected chi connectivity index (χ3v) is 7.66. The molecule has 3 amide bonds. The topological polar surface area (TPSA) is 115 Å². The molecule has 5 rings (SSSR count). The van der Waals surface area contributed by atoms with Gasteiger partial charge in [-0.15, -0.1) is 0 Å². The Morgan fingerprint density at radius 3 is 2.51 bits per heavy atom. The lowest BCUT2D eigenvalue weighted by molar-refractivity contribution is -0.131. The quantitative estimate of drug-likeness (QED) is 0.197. The van der Waals surface area contributed by atoms with Gasteiger partial charge in [0.15, 0.2) is 0 Å². The van der Waals surface area contributed by atoms with Gasteiger partial charge in [-0.1, -0.05) is 72.8 Å². The van der Waals surface area contributed by atoms with Crippen LogP contribution >= 0.6 is 0 Å². The summed E-state index contributed by atoms with van der Waals surface area (Å²) in [5, 5.41) is 13.1. The third kappa shape index (κ3) is 7.21. The maximum atomic E-state index is 13.3. The smallest absolute Gasteiger partial charge is 0.242 e. The number of carbonyl (C=O) groups excluding carboxylic acids is 3. The Labute approximate surface area is 240 Å². The highest BCUT2D eigenvalue weighted by Gasteiger charge is 2.27. The second-order valence-corrected chi connectivity index (χ2v) is 10.6. The molecule has 0 saturated carbocycles. The fourth-order valence-corrected chi connectivity index (χ4v) is 5.45. The number of para-hydroxylation sites is 1. The predicted octanol–water partition coefficient (Wildman–Crippen LogP) is 3.34. The van der Waals surface area contributed by atoms with E-state index in [2.05, 4.69) is 32.3 Å². The highest BCUT2D eigenvalue weighted by molar-refractivity contribution is 5.93. The Balaban J connectivity index is 1.22. The van der Waals surface area contributed by atoms with Crippen molar-refractivity contribution >= 4 is 28.6 Å². The maximum Gasteiger partial charge on any atom is 0.242 e. The lowest BCUT2D eigenvalue weighted by Crippen LogP contribution is -2.54. The van der Waals surface area contributed by atoms with Crippen LogP contribution in [0.25, 0.3) is 10.9 Å². The zero-order valence-corrected chi connectivity index (χ0v) is 23.3. The molecule has 8 nitrogen and oxygen atoms in total. The Morgan fingerprint density at radius 1 is 0.902 bits per heavy atom. The molecule has 0 bridgehead atoms. The first kappa shape index (κ1) is 28.1. The summed E-state index contributed by atoms with van der Waals surface area (Å²) in [6, 6.07) is 24.2. The number of amides is 3. The Morgan fingerprint density at radius 2 is 1.66 bits per heavy atom. The maximum absolute atomic E-state index is 13.3. The Bertz CT molecular complexity index is 1500. The van der Waals surface area contributed by atoms with Crippen molar-refractivity contribution in [1.82, 2.24) is 26.3 Å². The molecular weight excluding hydrogens is 514 g/mol. The molecule has 41 heavy (non-hydrogen) atoms. The molecule has 5 N–H and O–H groups in total. The molecule has 0 fully saturated rings. The Hall–Kier alpha value is -4.43. The van der Waals surface area contributed by atoms with E-state index >= 15 is 0 Å². The molecule has 0 spiro atoms. The largest absolute Gasteiger partial charge is 0.361 e. The molecule has 1 aromatic heterocycles. The van der Waals surface area contributed by atoms with Crippen molar-refractivity contribution in [3.63, 3.8) is 0 Å². The minimum atomic E-state index is -0.802. The number of hydrogen-bond donors (Lipinski definition) is 5. The highest BCUT2D eigenvalue weighted by atomic mass is 16.2. The van der Waals surface area contributed by atoms with Crippen LogP contribution in [0, 0.1) is 0 Å². The van der Waals surface area contributed by atoms with Gasteiger partial charge in [0, 0.05) is 42.5 Å². The van der Waals surface area contributed by atoms with Gasteiger partial charge in [-0.25, -0.2) is 0 Å². The molecule has 0 aliphatic carbocycles. The van der Waals surface area contributed by atoms with Crippen molar-refractivity contribution in [2.75, 3.05) is 13.1 Å². The second-order valence-electron chi connectivity index (χ2n) is 10.6. The zero-order chi connectivity index (χ0) is 28.6. The van der Waals surface area contributed by atoms with Gasteiger partial charge in [-0.3, -0.25) is 14.4 Å². The number of rotatable bonds is 11. The van der Waals surface area contributed by atoms with Gasteiger partial charge in [0.05, 0.1) is 0 Å². The van der Waals surface area contributed by atoms with Gasteiger partial charge in [-0.05, 0) is 54.6 Å². The van der Waals surface area contributed by atoms with Crippen LogP contribution in [-0.2, 0) is 33.6 Å². The van der Waals surface area contributed by atoms with Crippen molar-refractivity contribution in [1.29, 1.82) is 0 Å². The molecule has 8 heteroatoms. The van der Waals surface area contributed by atoms with E-state index in [9.17, 15) is 14.4 Å². The predicted molar refractivity (Wildman–Crippen MR) is 160 cm³/mol. The number of carbonyl (C=O) groups is 3. The van der Waals surface area contributed by atoms with E-state index in [4.69, 9.17) is 0 Å². The average molecular weight is 552 g/mol. The summed E-state index contributed by atoms with van der Waals surface area (Å²) in [6.07, 6.45) is 4.04. The van der Waals surface area contributed by atoms with Gasteiger partial charge in [-0.2, -0.15) is 0 Å². The van der Waals surface area contributed by atoms with Gasteiger partial charge in [0.25, 0.3) is 0 Å². The molecule has 1 unspecified atom stereocenters. The monoisotopic (exact) mass is 551 g/mol. The van der Waals surface area contributed by atoms with Crippen LogP contribution in [0.15, 0.2) is 85.1 Å². The van der Waals surface area contributed by atoms with Gasteiger partial charge >= 0.3 is 0 Å². The number of nitrogens with one attached hydrogen (secondary N) is 5. The van der Waals surface area contributed by atoms with Crippen LogP contribution in [0.2, 0.25) is 0 Å². The van der Waals surface area contributed by atoms with Gasteiger partial charge < -0.3 is 26.3 Å². The minimum Gasteiger partial charge on any atom is -0.361 e. The number of benzene rings is 3. The van der Waals surface area contributed by atoms with Crippen molar-refractivity contribution in [2.45, 2.75) is 50.7 Å². The van der Waals surface area contributed by atoms with Crippen LogP contribution < -0.4 is 21.3 Å². The Kier molecular flexibility index (Phi) is 9.11. The molecule has 2 heterocycles. The van der Waals surface area contributed by atoms with Gasteiger partial charge in [0.2, 0.25) is 17.7 Å². The summed E-state index contributed by atoms with van der Waals surface area (Å²) in [4.78, 5) is 42.7. The molecule has 3 aromatic carbocycles. The summed E-state index contributed by atoms with van der Waals surface area (Å²) in [7, 11) is 0. The van der Waals surface area contributed by atoms with Crippen molar-refractivity contribution < 1.29 is 14.4 Å². The second kappa shape index (κ2) is 13.3. The SMILES string of the molecule is C[C@H](NC(=O)CC1NCCc2ccccc21)C(=O)N[C@H](Cc1c[nH]c2ccccc12)C(=O)NCCc1ccccc1. The summed E-state index contributed by atoms with van der Waals surface area (Å²) in [6.45, 7) is 2.90. The van der Waals surface area contributed by atoms with E-state index in [0.717, 1.165) is 40.6 Å². The molecular formula is C33H37N5O3. The number of hydrogen-bond acceptors (Lipinski definition) is 4. The summed E-state index contributed by atoms with van der Waals surface area (Å²) in [5.74, 6) is -0.887. The molecule has 0 saturated heterocycles. The summed E-state index contributed by atoms with van der Waals surface area (Å²) < 4.78 is 0. The van der Waals surface area contributed by atoms with Crippen LogP contribution in [0.5, 0.6) is 0 Å². The molecule has 3 atom stereocenters. The van der Waals surface area contributed by atoms with Crippen LogP contribution in [0.1, 0.15) is 41.6 Å². The standard InChI is InChI=1S/C33H37N5O3/c1-22(37-31(39)20-29-26-12-6-5-11-24(26)16-18-34-29)32(40)38-30(19-25-21-36-28-14-8-7-13-27(25)28)33(41)35-17-15-23-9-3-2-4-10-23/h2-14,21-22,29-30,34,36H,15-20H2,1H3,(H,35,41)(H,37,39)(H,38,40)/t22-,29?,30+/m0/s1. The molecule has 1 aliphatic rings. The van der Waals surface area contributed by atoms with E-state index in [1.165, 1.54) is 5.56 Å². The third-order valence-electron chi connectivity index (χ3n) is 7.66. The number of aromatic nitrogens is 1. The first-order chi connectivity index (χ1) is 20.0. The molecule has 4 aromatic rings. The van der Waals surface area contributed by atoms with Crippen LogP contribution in [-0.4, -0.2) is 47.9 Å². The van der Waals surface area contributed by atoms with E-state index in [-0.39, 0.29) is 24.3 Å². The minimum absolute atomic E-state index is 0.0970. The van der Waals surface area contributed by atoms with Crippen LogP contribution in [0.4, 0.5) is 0 Å². The summed E-state index contributed by atoms with van der Waals surface area (Å²) in [5.41, 5.74) is 5.39. The zero-order valence-electron chi connectivity index (χ0n) is 23.3. The van der Waals surface area contributed by atoms with E-state index in [1.807, 2.05) is 79.0 Å². The lowest BCUT2D eigenvalue weighted by Gasteiger charge is -2.27. The van der Waals surface area contributed by atoms with Gasteiger partial charge in [0.1, 0.15) is 12.1 Å². The highest BCUT2D eigenvalue weighted by Crippen LogP contribution is 2.25. The fraction of sp³-hybridized carbons (Fsp3) is 0.303. The average Bonchev–Trinajstić information content (AvgIpc) is 3.40. The van der Waals surface area contributed by atoms with Crippen molar-refractivity contribution in [2.24, 2.45) is 0 Å². The first-order valence-corrected chi connectivity index (χ1v) is 14.3.